The molecule has 2 aliphatic rings. The number of hydrogen-bond acceptors (Lipinski definition) is 8. The molecular weight excluding hydrogens is 476 g/mol. The number of nitrogens with zero attached hydrogens (tertiary/aromatic N) is 2. The normalized spacial score (nSPS) is 19.8. The third-order valence-corrected chi connectivity index (χ3v) is 6.95. The van der Waals surface area contributed by atoms with Crippen molar-refractivity contribution in [2.45, 2.75) is 19.9 Å². The summed E-state index contributed by atoms with van der Waals surface area (Å²) in [7, 11) is 4.52. The zero-order valence-electron chi connectivity index (χ0n) is 22.0. The number of hydrogen-bond donors (Lipinski definition) is 1. The number of methoxy groups -OCH3 is 3. The van der Waals surface area contributed by atoms with E-state index in [0.717, 1.165) is 24.2 Å². The molecule has 2 fully saturated rings. The molecule has 0 spiro atoms. The second kappa shape index (κ2) is 11.2. The number of amides is 1. The number of rotatable bonds is 8. The Hall–Kier alpha value is -3.56. The Morgan fingerprint density at radius 2 is 1.62 bits per heavy atom. The standard InChI is InChI=1S/C28H34N2O7/c1-17-6-7-18(2)20(14-17)25(31)23-24(19-15-21(34-3)27(36-5)22(16-19)35-4)30(28(33)26(23)32)9-8-29-10-12-37-13-11-29/h6-7,14-16,24,31H,8-13H2,1-5H3. The molecule has 1 N–H and O–H groups in total. The maximum Gasteiger partial charge on any atom is 0.295 e. The van der Waals surface area contributed by atoms with Crippen molar-refractivity contribution in [1.29, 1.82) is 0 Å². The first-order valence-electron chi connectivity index (χ1n) is 12.3. The van der Waals surface area contributed by atoms with Crippen LogP contribution in [0.5, 0.6) is 17.2 Å². The molecule has 1 unspecified atom stereocenters. The lowest BCUT2D eigenvalue weighted by Crippen LogP contribution is -2.42. The van der Waals surface area contributed by atoms with Gasteiger partial charge in [0.1, 0.15) is 5.76 Å². The van der Waals surface area contributed by atoms with Gasteiger partial charge in [0, 0.05) is 31.7 Å². The van der Waals surface area contributed by atoms with E-state index in [2.05, 4.69) is 4.90 Å². The van der Waals surface area contributed by atoms with Crippen LogP contribution in [0, 0.1) is 13.8 Å². The first-order valence-corrected chi connectivity index (χ1v) is 12.3. The monoisotopic (exact) mass is 510 g/mol. The van der Waals surface area contributed by atoms with E-state index in [1.54, 1.807) is 12.1 Å². The molecule has 2 aliphatic heterocycles. The van der Waals surface area contributed by atoms with Crippen LogP contribution >= 0.6 is 0 Å². The summed E-state index contributed by atoms with van der Waals surface area (Å²) in [6.07, 6.45) is 0. The molecular formula is C28H34N2O7. The maximum atomic E-state index is 13.5. The topological polar surface area (TPSA) is 97.8 Å². The van der Waals surface area contributed by atoms with Crippen LogP contribution < -0.4 is 14.2 Å². The van der Waals surface area contributed by atoms with Crippen LogP contribution in [-0.4, -0.2) is 87.3 Å². The summed E-state index contributed by atoms with van der Waals surface area (Å²) in [4.78, 5) is 30.6. The van der Waals surface area contributed by atoms with Crippen LogP contribution in [-0.2, 0) is 14.3 Å². The van der Waals surface area contributed by atoms with Crippen LogP contribution in [0.15, 0.2) is 35.9 Å². The number of ketones is 1. The van der Waals surface area contributed by atoms with E-state index in [1.807, 2.05) is 32.0 Å². The average molecular weight is 511 g/mol. The van der Waals surface area contributed by atoms with E-state index in [4.69, 9.17) is 18.9 Å². The lowest BCUT2D eigenvalue weighted by Gasteiger charge is -2.31. The highest BCUT2D eigenvalue weighted by atomic mass is 16.5. The second-order valence-electron chi connectivity index (χ2n) is 9.22. The zero-order valence-corrected chi connectivity index (χ0v) is 22.0. The number of carbonyl (C=O) groups is 2. The van der Waals surface area contributed by atoms with Crippen LogP contribution in [0.4, 0.5) is 0 Å². The fourth-order valence-corrected chi connectivity index (χ4v) is 4.93. The number of carbonyl (C=O) groups excluding carboxylic acids is 2. The molecule has 0 bridgehead atoms. The summed E-state index contributed by atoms with van der Waals surface area (Å²) in [5.41, 5.74) is 2.85. The van der Waals surface area contributed by atoms with Gasteiger partial charge in [0.15, 0.2) is 11.5 Å². The molecule has 1 atom stereocenters. The van der Waals surface area contributed by atoms with E-state index in [9.17, 15) is 14.7 Å². The SMILES string of the molecule is COc1cc(C2C(=C(O)c3cc(C)ccc3C)C(=O)C(=O)N2CCN2CCOCC2)cc(OC)c1OC. The number of Topliss-reactive ketones (excluding diaryl/α,β-unsaturated/α-hetero) is 1. The summed E-state index contributed by atoms with van der Waals surface area (Å²) in [5.74, 6) is -0.400. The molecule has 2 saturated heterocycles. The molecule has 0 aliphatic carbocycles. The molecule has 0 radical (unpaired) electrons. The van der Waals surface area contributed by atoms with Gasteiger partial charge in [0.2, 0.25) is 5.75 Å². The molecule has 0 aromatic heterocycles. The predicted octanol–water partition coefficient (Wildman–Crippen LogP) is 3.08. The van der Waals surface area contributed by atoms with Crippen molar-refractivity contribution in [1.82, 2.24) is 9.80 Å². The van der Waals surface area contributed by atoms with Gasteiger partial charge in [-0.25, -0.2) is 0 Å². The van der Waals surface area contributed by atoms with Gasteiger partial charge in [-0.3, -0.25) is 14.5 Å². The smallest absolute Gasteiger partial charge is 0.295 e. The Kier molecular flexibility index (Phi) is 8.04. The maximum absolute atomic E-state index is 13.5. The van der Waals surface area contributed by atoms with Gasteiger partial charge in [-0.05, 0) is 43.2 Å². The Balaban J connectivity index is 1.87. The molecule has 1 amide bonds. The minimum absolute atomic E-state index is 0.0370. The summed E-state index contributed by atoms with van der Waals surface area (Å²) < 4.78 is 22.0. The summed E-state index contributed by atoms with van der Waals surface area (Å²) in [6, 6.07) is 8.23. The van der Waals surface area contributed by atoms with Crippen molar-refractivity contribution in [3.05, 3.63) is 58.2 Å². The quantitative estimate of drug-likeness (QED) is 0.329. The van der Waals surface area contributed by atoms with Crippen molar-refractivity contribution in [2.75, 3.05) is 60.7 Å². The summed E-state index contributed by atoms with van der Waals surface area (Å²) in [6.45, 7) is 7.40. The highest BCUT2D eigenvalue weighted by Gasteiger charge is 2.46. The van der Waals surface area contributed by atoms with Crippen LogP contribution in [0.1, 0.15) is 28.3 Å². The third-order valence-electron chi connectivity index (χ3n) is 6.95. The molecule has 2 heterocycles. The van der Waals surface area contributed by atoms with Gasteiger partial charge < -0.3 is 29.0 Å². The molecule has 2 aromatic carbocycles. The Morgan fingerprint density at radius 1 is 0.973 bits per heavy atom. The van der Waals surface area contributed by atoms with Crippen LogP contribution in [0.2, 0.25) is 0 Å². The third kappa shape index (κ3) is 5.14. The molecule has 9 nitrogen and oxygen atoms in total. The number of likely N-dealkylation sites (tertiary alicyclic amines) is 1. The zero-order chi connectivity index (χ0) is 26.7. The number of benzene rings is 2. The van der Waals surface area contributed by atoms with Gasteiger partial charge in [-0.15, -0.1) is 0 Å². The number of aliphatic hydroxyl groups excluding tert-OH is 1. The first kappa shape index (κ1) is 26.5. The highest BCUT2D eigenvalue weighted by Crippen LogP contribution is 2.45. The van der Waals surface area contributed by atoms with E-state index < -0.39 is 17.7 Å². The lowest BCUT2D eigenvalue weighted by molar-refractivity contribution is -0.140. The van der Waals surface area contributed by atoms with Crippen molar-refractivity contribution >= 4 is 17.4 Å². The first-order chi connectivity index (χ1) is 17.8. The van der Waals surface area contributed by atoms with Crippen LogP contribution in [0.25, 0.3) is 5.76 Å². The van der Waals surface area contributed by atoms with Gasteiger partial charge in [-0.2, -0.15) is 0 Å². The largest absolute Gasteiger partial charge is 0.507 e. The van der Waals surface area contributed by atoms with Gasteiger partial charge in [0.05, 0.1) is 46.2 Å². The Morgan fingerprint density at radius 3 is 2.22 bits per heavy atom. The van der Waals surface area contributed by atoms with E-state index in [1.165, 1.54) is 26.2 Å². The summed E-state index contributed by atoms with van der Waals surface area (Å²) in [5, 5.41) is 11.5. The van der Waals surface area contributed by atoms with Gasteiger partial charge in [0.25, 0.3) is 11.7 Å². The average Bonchev–Trinajstić information content (AvgIpc) is 3.17. The second-order valence-corrected chi connectivity index (χ2v) is 9.22. The number of ether oxygens (including phenoxy) is 4. The fraction of sp³-hybridized carbons (Fsp3) is 0.429. The molecule has 37 heavy (non-hydrogen) atoms. The van der Waals surface area contributed by atoms with E-state index in [0.29, 0.717) is 54.7 Å². The molecule has 9 heteroatoms. The minimum atomic E-state index is -0.838. The number of aryl methyl sites for hydroxylation is 2. The van der Waals surface area contributed by atoms with Crippen LogP contribution in [0.3, 0.4) is 0 Å². The highest BCUT2D eigenvalue weighted by molar-refractivity contribution is 6.46. The number of aliphatic hydroxyl groups is 1. The van der Waals surface area contributed by atoms with Crippen molar-refractivity contribution in [3.63, 3.8) is 0 Å². The van der Waals surface area contributed by atoms with Gasteiger partial charge >= 0.3 is 0 Å². The Labute approximate surface area is 217 Å². The minimum Gasteiger partial charge on any atom is -0.507 e. The van der Waals surface area contributed by atoms with Gasteiger partial charge in [-0.1, -0.05) is 17.7 Å². The molecule has 4 rings (SSSR count). The number of morpholine rings is 1. The fourth-order valence-electron chi connectivity index (χ4n) is 4.93. The van der Waals surface area contributed by atoms with E-state index >= 15 is 0 Å². The molecule has 198 valence electrons. The van der Waals surface area contributed by atoms with Crippen molar-refractivity contribution in [3.8, 4) is 17.2 Å². The molecule has 0 saturated carbocycles. The van der Waals surface area contributed by atoms with E-state index in [-0.39, 0.29) is 11.3 Å². The summed E-state index contributed by atoms with van der Waals surface area (Å²) >= 11 is 0. The van der Waals surface area contributed by atoms with Crippen molar-refractivity contribution < 1.29 is 33.6 Å². The lowest BCUT2D eigenvalue weighted by atomic mass is 9.93. The molecule has 2 aromatic rings. The Bertz CT molecular complexity index is 1190. The van der Waals surface area contributed by atoms with Crippen molar-refractivity contribution in [2.24, 2.45) is 0 Å². The predicted molar refractivity (Wildman–Crippen MR) is 138 cm³/mol.